The maximum atomic E-state index is 12.3. The predicted molar refractivity (Wildman–Crippen MR) is 74.5 cm³/mol. The van der Waals surface area contributed by atoms with E-state index in [0.717, 1.165) is 19.3 Å². The first-order valence-corrected chi connectivity index (χ1v) is 7.48. The molecule has 2 saturated heterocycles. The minimum absolute atomic E-state index is 0.0635. The summed E-state index contributed by atoms with van der Waals surface area (Å²) < 4.78 is 10.9. The molecule has 0 aliphatic carbocycles. The molecule has 0 aromatic carbocycles. The Balaban J connectivity index is 2.08. The van der Waals surface area contributed by atoms with Gasteiger partial charge in [-0.1, -0.05) is 0 Å². The first-order valence-electron chi connectivity index (χ1n) is 7.48. The normalized spacial score (nSPS) is 28.4. The van der Waals surface area contributed by atoms with Crippen molar-refractivity contribution < 1.29 is 19.1 Å². The van der Waals surface area contributed by atoms with Gasteiger partial charge in [-0.05, 0) is 40.0 Å². The summed E-state index contributed by atoms with van der Waals surface area (Å²) in [5, 5.41) is 0. The summed E-state index contributed by atoms with van der Waals surface area (Å²) >= 11 is 0. The molecule has 2 fully saturated rings. The van der Waals surface area contributed by atoms with E-state index in [4.69, 9.17) is 9.47 Å². The first kappa shape index (κ1) is 15.3. The van der Waals surface area contributed by atoms with E-state index in [1.807, 2.05) is 20.8 Å². The van der Waals surface area contributed by atoms with Crippen molar-refractivity contribution in [2.75, 3.05) is 19.8 Å². The number of carbonyl (C=O) groups excluding carboxylic acids is 2. The highest BCUT2D eigenvalue weighted by Gasteiger charge is 2.39. The molecule has 5 heteroatoms. The molecule has 2 unspecified atom stereocenters. The number of hydrogen-bond acceptors (Lipinski definition) is 4. The first-order chi connectivity index (χ1) is 9.38. The lowest BCUT2D eigenvalue weighted by atomic mass is 9.86. The monoisotopic (exact) mass is 283 g/mol. The van der Waals surface area contributed by atoms with E-state index in [1.54, 1.807) is 4.90 Å². The summed E-state index contributed by atoms with van der Waals surface area (Å²) in [5.74, 6) is 0.0354. The van der Waals surface area contributed by atoms with Gasteiger partial charge < -0.3 is 14.4 Å². The summed E-state index contributed by atoms with van der Waals surface area (Å²) in [5.41, 5.74) is -0.508. The summed E-state index contributed by atoms with van der Waals surface area (Å²) in [4.78, 5) is 26.2. The molecule has 1 amide bonds. The van der Waals surface area contributed by atoms with Crippen LogP contribution in [0, 0.1) is 5.92 Å². The number of piperidine rings is 1. The Morgan fingerprint density at radius 1 is 1.35 bits per heavy atom. The van der Waals surface area contributed by atoms with E-state index in [0.29, 0.717) is 26.2 Å². The Bertz CT molecular complexity index is 375. The van der Waals surface area contributed by atoms with Gasteiger partial charge in [-0.15, -0.1) is 0 Å². The van der Waals surface area contributed by atoms with Crippen molar-refractivity contribution in [3.63, 3.8) is 0 Å². The molecule has 0 aromatic rings. The van der Waals surface area contributed by atoms with Crippen LogP contribution in [0.2, 0.25) is 0 Å². The fourth-order valence-corrected chi connectivity index (χ4v) is 2.91. The minimum Gasteiger partial charge on any atom is -0.444 e. The van der Waals surface area contributed by atoms with Crippen molar-refractivity contribution in [1.29, 1.82) is 0 Å². The van der Waals surface area contributed by atoms with E-state index in [1.165, 1.54) is 0 Å². The number of Topliss-reactive ketones (excluding diaryl/α,β-unsaturated/α-hetero) is 1. The molecule has 0 spiro atoms. The molecule has 2 atom stereocenters. The summed E-state index contributed by atoms with van der Waals surface area (Å²) in [6.45, 7) is 7.19. The van der Waals surface area contributed by atoms with Gasteiger partial charge in [-0.2, -0.15) is 0 Å². The number of carbonyl (C=O) groups is 2. The molecule has 2 aliphatic rings. The molecule has 0 aromatic heterocycles. The molecule has 2 heterocycles. The molecule has 0 saturated carbocycles. The number of hydrogen-bond donors (Lipinski definition) is 0. The number of nitrogens with zero attached hydrogens (tertiary/aromatic N) is 1. The quantitative estimate of drug-likeness (QED) is 0.741. The SMILES string of the molecule is CC(C)(C)OC(=O)N1CCCCC1C1COCCC1=O. The highest BCUT2D eigenvalue weighted by atomic mass is 16.6. The lowest BCUT2D eigenvalue weighted by Crippen LogP contribution is -2.53. The van der Waals surface area contributed by atoms with E-state index < -0.39 is 5.60 Å². The van der Waals surface area contributed by atoms with Crippen LogP contribution in [0.15, 0.2) is 0 Å². The Kier molecular flexibility index (Phi) is 4.68. The van der Waals surface area contributed by atoms with Gasteiger partial charge >= 0.3 is 6.09 Å². The van der Waals surface area contributed by atoms with Crippen LogP contribution in [0.5, 0.6) is 0 Å². The Morgan fingerprint density at radius 2 is 2.10 bits per heavy atom. The maximum Gasteiger partial charge on any atom is 0.410 e. The van der Waals surface area contributed by atoms with Gasteiger partial charge in [-0.3, -0.25) is 4.79 Å². The zero-order valence-corrected chi connectivity index (χ0v) is 12.7. The molecular formula is C15H25NO4. The van der Waals surface area contributed by atoms with Gasteiger partial charge in [0.1, 0.15) is 11.4 Å². The van der Waals surface area contributed by atoms with E-state index in [-0.39, 0.29) is 23.8 Å². The van der Waals surface area contributed by atoms with Gasteiger partial charge in [0.2, 0.25) is 0 Å². The van der Waals surface area contributed by atoms with Crippen LogP contribution in [0.4, 0.5) is 4.79 Å². The van der Waals surface area contributed by atoms with E-state index >= 15 is 0 Å². The van der Waals surface area contributed by atoms with Gasteiger partial charge in [0.05, 0.1) is 19.1 Å². The Hall–Kier alpha value is -1.10. The third kappa shape index (κ3) is 3.72. The van der Waals surface area contributed by atoms with Crippen LogP contribution in [0.1, 0.15) is 46.5 Å². The molecule has 2 aliphatic heterocycles. The molecule has 5 nitrogen and oxygen atoms in total. The lowest BCUT2D eigenvalue weighted by Gasteiger charge is -2.41. The largest absolute Gasteiger partial charge is 0.444 e. The van der Waals surface area contributed by atoms with Gasteiger partial charge in [0.15, 0.2) is 0 Å². The second kappa shape index (κ2) is 6.12. The minimum atomic E-state index is -0.508. The highest BCUT2D eigenvalue weighted by Crippen LogP contribution is 2.28. The fourth-order valence-electron chi connectivity index (χ4n) is 2.91. The number of ketones is 1. The molecule has 114 valence electrons. The standard InChI is InChI=1S/C15H25NO4/c1-15(2,3)20-14(18)16-8-5-4-6-12(16)11-10-19-9-7-13(11)17/h11-12H,4-10H2,1-3H3. The highest BCUT2D eigenvalue weighted by molar-refractivity contribution is 5.83. The van der Waals surface area contributed by atoms with Crippen molar-refractivity contribution in [1.82, 2.24) is 4.90 Å². The van der Waals surface area contributed by atoms with E-state index in [2.05, 4.69) is 0 Å². The lowest BCUT2D eigenvalue weighted by molar-refractivity contribution is -0.134. The summed E-state index contributed by atoms with van der Waals surface area (Å²) in [6, 6.07) is -0.0635. The summed E-state index contributed by atoms with van der Waals surface area (Å²) in [7, 11) is 0. The van der Waals surface area contributed by atoms with Crippen molar-refractivity contribution in [3.8, 4) is 0 Å². The Labute approximate surface area is 120 Å². The molecule has 0 N–H and O–H groups in total. The molecule has 2 rings (SSSR count). The number of amides is 1. The number of rotatable bonds is 1. The van der Waals surface area contributed by atoms with Crippen LogP contribution < -0.4 is 0 Å². The second-order valence-corrected chi connectivity index (χ2v) is 6.63. The van der Waals surface area contributed by atoms with E-state index in [9.17, 15) is 9.59 Å². The number of likely N-dealkylation sites (tertiary alicyclic amines) is 1. The predicted octanol–water partition coefficient (Wildman–Crippen LogP) is 2.38. The fraction of sp³-hybridized carbons (Fsp3) is 0.867. The Morgan fingerprint density at radius 3 is 2.75 bits per heavy atom. The zero-order valence-electron chi connectivity index (χ0n) is 12.7. The third-order valence-electron chi connectivity index (χ3n) is 3.85. The smallest absolute Gasteiger partial charge is 0.410 e. The van der Waals surface area contributed by atoms with Crippen molar-refractivity contribution in [3.05, 3.63) is 0 Å². The topological polar surface area (TPSA) is 55.8 Å². The van der Waals surface area contributed by atoms with Crippen LogP contribution >= 0.6 is 0 Å². The number of ether oxygens (including phenoxy) is 2. The molecule has 0 bridgehead atoms. The van der Waals surface area contributed by atoms with Crippen molar-refractivity contribution >= 4 is 11.9 Å². The van der Waals surface area contributed by atoms with Gasteiger partial charge in [0.25, 0.3) is 0 Å². The molecule has 20 heavy (non-hydrogen) atoms. The second-order valence-electron chi connectivity index (χ2n) is 6.63. The third-order valence-corrected chi connectivity index (χ3v) is 3.85. The van der Waals surface area contributed by atoms with Gasteiger partial charge in [-0.25, -0.2) is 4.79 Å². The zero-order chi connectivity index (χ0) is 14.8. The summed E-state index contributed by atoms with van der Waals surface area (Å²) in [6.07, 6.45) is 3.04. The van der Waals surface area contributed by atoms with Crippen molar-refractivity contribution in [2.24, 2.45) is 5.92 Å². The van der Waals surface area contributed by atoms with Crippen molar-refractivity contribution in [2.45, 2.75) is 58.1 Å². The van der Waals surface area contributed by atoms with Gasteiger partial charge in [0, 0.05) is 19.0 Å². The van der Waals surface area contributed by atoms with Crippen LogP contribution in [0.25, 0.3) is 0 Å². The molecular weight excluding hydrogens is 258 g/mol. The molecule has 0 radical (unpaired) electrons. The average Bonchev–Trinajstić information content (AvgIpc) is 2.37. The van der Waals surface area contributed by atoms with Crippen LogP contribution in [0.3, 0.4) is 0 Å². The van der Waals surface area contributed by atoms with Crippen LogP contribution in [-0.4, -0.2) is 48.2 Å². The van der Waals surface area contributed by atoms with Crippen LogP contribution in [-0.2, 0) is 14.3 Å². The average molecular weight is 283 g/mol. The maximum absolute atomic E-state index is 12.3.